The minimum Gasteiger partial charge on any atom is -0.324 e. The lowest BCUT2D eigenvalue weighted by Crippen LogP contribution is -2.34. The van der Waals surface area contributed by atoms with E-state index < -0.39 is 5.82 Å². The molecule has 1 aromatic rings. The average molecular weight is 271 g/mol. The third-order valence-electron chi connectivity index (χ3n) is 3.11. The topological polar surface area (TPSA) is 41.1 Å². The number of anilines is 1. The van der Waals surface area contributed by atoms with Crippen molar-refractivity contribution in [3.05, 3.63) is 29.0 Å². The first-order chi connectivity index (χ1) is 8.65. The summed E-state index contributed by atoms with van der Waals surface area (Å²) in [6.45, 7) is 0.234. The van der Waals surface area contributed by atoms with E-state index in [-0.39, 0.29) is 12.5 Å². The van der Waals surface area contributed by atoms with Gasteiger partial charge in [-0.1, -0.05) is 24.4 Å². The molecule has 2 rings (SSSR count). The van der Waals surface area contributed by atoms with E-state index in [4.69, 9.17) is 11.6 Å². The van der Waals surface area contributed by atoms with E-state index in [9.17, 15) is 9.18 Å². The van der Waals surface area contributed by atoms with Gasteiger partial charge in [0.15, 0.2) is 0 Å². The van der Waals surface area contributed by atoms with Gasteiger partial charge in [-0.05, 0) is 31.0 Å². The Kier molecular flexibility index (Phi) is 4.55. The molecule has 18 heavy (non-hydrogen) atoms. The van der Waals surface area contributed by atoms with E-state index >= 15 is 0 Å². The van der Waals surface area contributed by atoms with Gasteiger partial charge in [-0.2, -0.15) is 0 Å². The van der Waals surface area contributed by atoms with Crippen molar-refractivity contribution >= 4 is 23.2 Å². The molecule has 1 fully saturated rings. The van der Waals surface area contributed by atoms with E-state index in [0.29, 0.717) is 16.8 Å². The molecule has 1 aromatic carbocycles. The van der Waals surface area contributed by atoms with Gasteiger partial charge < -0.3 is 10.6 Å². The Bertz CT molecular complexity index is 433. The van der Waals surface area contributed by atoms with Crippen LogP contribution in [0.15, 0.2) is 18.2 Å². The smallest absolute Gasteiger partial charge is 0.238 e. The number of hydrogen-bond acceptors (Lipinski definition) is 2. The number of amides is 1. The van der Waals surface area contributed by atoms with Gasteiger partial charge in [0.05, 0.1) is 17.3 Å². The molecule has 1 aliphatic carbocycles. The highest BCUT2D eigenvalue weighted by atomic mass is 35.5. The largest absolute Gasteiger partial charge is 0.324 e. The molecule has 0 radical (unpaired) electrons. The van der Waals surface area contributed by atoms with E-state index in [1.807, 2.05) is 0 Å². The van der Waals surface area contributed by atoms with Crippen molar-refractivity contribution in [2.75, 3.05) is 11.9 Å². The summed E-state index contributed by atoms with van der Waals surface area (Å²) in [5, 5.41) is 6.13. The minimum atomic E-state index is -0.418. The van der Waals surface area contributed by atoms with Gasteiger partial charge in [-0.15, -0.1) is 0 Å². The van der Waals surface area contributed by atoms with Crippen molar-refractivity contribution < 1.29 is 9.18 Å². The second kappa shape index (κ2) is 6.16. The third kappa shape index (κ3) is 3.68. The molecular formula is C13H16ClFN2O. The summed E-state index contributed by atoms with van der Waals surface area (Å²) in [5.41, 5.74) is 0.315. The van der Waals surface area contributed by atoms with Crippen molar-refractivity contribution in [1.82, 2.24) is 5.32 Å². The van der Waals surface area contributed by atoms with Crippen molar-refractivity contribution in [3.63, 3.8) is 0 Å². The Labute approximate surface area is 111 Å². The van der Waals surface area contributed by atoms with Crippen LogP contribution in [0.4, 0.5) is 10.1 Å². The fourth-order valence-electron chi connectivity index (χ4n) is 2.15. The van der Waals surface area contributed by atoms with Crippen LogP contribution in [0.2, 0.25) is 5.02 Å². The molecule has 0 unspecified atom stereocenters. The fraction of sp³-hybridized carbons (Fsp3) is 0.462. The molecule has 0 saturated heterocycles. The zero-order valence-electron chi connectivity index (χ0n) is 10.0. The first-order valence-corrected chi connectivity index (χ1v) is 6.51. The molecule has 0 atom stereocenters. The van der Waals surface area contributed by atoms with E-state index in [1.54, 1.807) is 0 Å². The predicted octanol–water partition coefficient (Wildman–Crippen LogP) is 2.95. The van der Waals surface area contributed by atoms with E-state index in [1.165, 1.54) is 31.0 Å². The Hall–Kier alpha value is -1.13. The van der Waals surface area contributed by atoms with Gasteiger partial charge >= 0.3 is 0 Å². The third-order valence-corrected chi connectivity index (χ3v) is 3.44. The Morgan fingerprint density at radius 1 is 1.39 bits per heavy atom. The van der Waals surface area contributed by atoms with Gasteiger partial charge in [-0.3, -0.25) is 4.79 Å². The summed E-state index contributed by atoms with van der Waals surface area (Å²) < 4.78 is 13.0. The van der Waals surface area contributed by atoms with Gasteiger partial charge in [-0.25, -0.2) is 4.39 Å². The lowest BCUT2D eigenvalue weighted by atomic mass is 10.2. The van der Waals surface area contributed by atoms with Crippen LogP contribution in [-0.2, 0) is 4.79 Å². The second-order valence-electron chi connectivity index (χ2n) is 4.53. The Balaban J connectivity index is 1.84. The molecule has 0 heterocycles. The molecule has 5 heteroatoms. The standard InChI is InChI=1S/C13H16ClFN2O/c14-11-6-5-9(15)7-12(11)17-13(18)8-16-10-3-1-2-4-10/h5-7,10,16H,1-4,8H2,(H,17,18). The Morgan fingerprint density at radius 2 is 2.11 bits per heavy atom. The maximum atomic E-state index is 13.0. The highest BCUT2D eigenvalue weighted by Crippen LogP contribution is 2.22. The molecular weight excluding hydrogens is 255 g/mol. The zero-order valence-corrected chi connectivity index (χ0v) is 10.8. The van der Waals surface area contributed by atoms with Crippen molar-refractivity contribution in [1.29, 1.82) is 0 Å². The van der Waals surface area contributed by atoms with Crippen LogP contribution < -0.4 is 10.6 Å². The number of benzene rings is 1. The summed E-state index contributed by atoms with van der Waals surface area (Å²) in [6, 6.07) is 4.33. The minimum absolute atomic E-state index is 0.200. The molecule has 1 aliphatic rings. The van der Waals surface area contributed by atoms with Gasteiger partial charge in [0.2, 0.25) is 5.91 Å². The van der Waals surface area contributed by atoms with Crippen LogP contribution in [0.25, 0.3) is 0 Å². The highest BCUT2D eigenvalue weighted by molar-refractivity contribution is 6.33. The normalized spacial score (nSPS) is 15.9. The maximum absolute atomic E-state index is 13.0. The maximum Gasteiger partial charge on any atom is 0.238 e. The summed E-state index contributed by atoms with van der Waals surface area (Å²) in [7, 11) is 0. The number of carbonyl (C=O) groups is 1. The van der Waals surface area contributed by atoms with E-state index in [2.05, 4.69) is 10.6 Å². The van der Waals surface area contributed by atoms with Gasteiger partial charge in [0.25, 0.3) is 0 Å². The number of rotatable bonds is 4. The molecule has 0 spiro atoms. The summed E-state index contributed by atoms with van der Waals surface area (Å²) in [4.78, 5) is 11.7. The summed E-state index contributed by atoms with van der Waals surface area (Å²) >= 11 is 5.87. The predicted molar refractivity (Wildman–Crippen MR) is 70.3 cm³/mol. The quantitative estimate of drug-likeness (QED) is 0.883. The van der Waals surface area contributed by atoms with Crippen molar-refractivity contribution in [2.24, 2.45) is 0 Å². The summed E-state index contributed by atoms with van der Waals surface area (Å²) in [5.74, 6) is -0.618. The number of halogens is 2. The summed E-state index contributed by atoms with van der Waals surface area (Å²) in [6.07, 6.45) is 4.67. The molecule has 0 aliphatic heterocycles. The number of nitrogens with one attached hydrogen (secondary N) is 2. The zero-order chi connectivity index (χ0) is 13.0. The van der Waals surface area contributed by atoms with Crippen LogP contribution in [0.3, 0.4) is 0 Å². The molecule has 2 N–H and O–H groups in total. The van der Waals surface area contributed by atoms with Gasteiger partial charge in [0, 0.05) is 6.04 Å². The van der Waals surface area contributed by atoms with Gasteiger partial charge in [0.1, 0.15) is 5.82 Å². The molecule has 0 bridgehead atoms. The highest BCUT2D eigenvalue weighted by Gasteiger charge is 2.15. The van der Waals surface area contributed by atoms with Crippen molar-refractivity contribution in [2.45, 2.75) is 31.7 Å². The lowest BCUT2D eigenvalue weighted by Gasteiger charge is -2.12. The average Bonchev–Trinajstić information content (AvgIpc) is 2.84. The number of carbonyl (C=O) groups excluding carboxylic acids is 1. The van der Waals surface area contributed by atoms with Crippen LogP contribution in [0.5, 0.6) is 0 Å². The van der Waals surface area contributed by atoms with E-state index in [0.717, 1.165) is 12.8 Å². The molecule has 3 nitrogen and oxygen atoms in total. The Morgan fingerprint density at radius 3 is 2.83 bits per heavy atom. The first-order valence-electron chi connectivity index (χ1n) is 6.13. The van der Waals surface area contributed by atoms with Crippen LogP contribution in [0, 0.1) is 5.82 Å². The fourth-order valence-corrected chi connectivity index (χ4v) is 2.32. The molecule has 98 valence electrons. The monoisotopic (exact) mass is 270 g/mol. The number of hydrogen-bond donors (Lipinski definition) is 2. The molecule has 1 saturated carbocycles. The van der Waals surface area contributed by atoms with Crippen LogP contribution in [0.1, 0.15) is 25.7 Å². The lowest BCUT2D eigenvalue weighted by molar-refractivity contribution is -0.115. The van der Waals surface area contributed by atoms with Crippen LogP contribution in [-0.4, -0.2) is 18.5 Å². The SMILES string of the molecule is O=C(CNC1CCCC1)Nc1cc(F)ccc1Cl. The molecule has 1 amide bonds. The molecule has 0 aromatic heterocycles. The van der Waals surface area contributed by atoms with Crippen molar-refractivity contribution in [3.8, 4) is 0 Å². The first kappa shape index (κ1) is 13.3. The second-order valence-corrected chi connectivity index (χ2v) is 4.94. The van der Waals surface area contributed by atoms with Crippen LogP contribution >= 0.6 is 11.6 Å².